The molecule has 2 rings (SSSR count). The fourth-order valence-corrected chi connectivity index (χ4v) is 2.10. The van der Waals surface area contributed by atoms with Crippen molar-refractivity contribution in [2.45, 2.75) is 25.9 Å². The quantitative estimate of drug-likeness (QED) is 0.846. The molecular formula is C14H17NO4. The van der Waals surface area contributed by atoms with Crippen molar-refractivity contribution in [2.75, 3.05) is 19.0 Å². The van der Waals surface area contributed by atoms with Gasteiger partial charge in [0.05, 0.1) is 12.7 Å². The molecule has 1 heterocycles. The van der Waals surface area contributed by atoms with Gasteiger partial charge in [-0.25, -0.2) is 4.79 Å². The van der Waals surface area contributed by atoms with Crippen molar-refractivity contribution in [3.63, 3.8) is 0 Å². The number of methoxy groups -OCH3 is 1. The van der Waals surface area contributed by atoms with Crippen molar-refractivity contribution in [3.8, 4) is 0 Å². The Morgan fingerprint density at radius 1 is 1.42 bits per heavy atom. The van der Waals surface area contributed by atoms with Gasteiger partial charge in [0.1, 0.15) is 6.10 Å². The summed E-state index contributed by atoms with van der Waals surface area (Å²) in [7, 11) is 1.33. The third kappa shape index (κ3) is 2.93. The summed E-state index contributed by atoms with van der Waals surface area (Å²) in [4.78, 5) is 23.5. The average molecular weight is 263 g/mol. The van der Waals surface area contributed by atoms with Crippen molar-refractivity contribution in [2.24, 2.45) is 0 Å². The van der Waals surface area contributed by atoms with E-state index in [1.54, 1.807) is 25.1 Å². The van der Waals surface area contributed by atoms with Crippen LogP contribution in [0.15, 0.2) is 18.2 Å². The fraction of sp³-hybridized carbons (Fsp3) is 0.429. The van der Waals surface area contributed by atoms with E-state index < -0.39 is 5.97 Å². The number of carbonyl (C=O) groups excluding carboxylic acids is 2. The van der Waals surface area contributed by atoms with Crippen LogP contribution in [0.3, 0.4) is 0 Å². The number of anilines is 1. The molecule has 19 heavy (non-hydrogen) atoms. The van der Waals surface area contributed by atoms with Crippen LogP contribution in [0.25, 0.3) is 0 Å². The van der Waals surface area contributed by atoms with Crippen LogP contribution < -0.4 is 5.32 Å². The van der Waals surface area contributed by atoms with Crippen LogP contribution in [0.4, 0.5) is 5.69 Å². The molecule has 1 N–H and O–H groups in total. The molecule has 0 radical (unpaired) electrons. The smallest absolute Gasteiger partial charge is 0.338 e. The van der Waals surface area contributed by atoms with Gasteiger partial charge in [0, 0.05) is 12.3 Å². The molecule has 0 spiro atoms. The minimum Gasteiger partial charge on any atom is -0.465 e. The van der Waals surface area contributed by atoms with Gasteiger partial charge in [-0.2, -0.15) is 0 Å². The van der Waals surface area contributed by atoms with Crippen LogP contribution in [0.2, 0.25) is 0 Å². The second-order valence-electron chi connectivity index (χ2n) is 4.46. The lowest BCUT2D eigenvalue weighted by molar-refractivity contribution is -0.124. The van der Waals surface area contributed by atoms with Gasteiger partial charge in [0.25, 0.3) is 5.91 Å². The van der Waals surface area contributed by atoms with E-state index in [1.165, 1.54) is 7.11 Å². The lowest BCUT2D eigenvalue weighted by Crippen LogP contribution is -2.27. The second-order valence-corrected chi connectivity index (χ2v) is 4.46. The van der Waals surface area contributed by atoms with Crippen LogP contribution in [0.5, 0.6) is 0 Å². The van der Waals surface area contributed by atoms with E-state index in [2.05, 4.69) is 5.32 Å². The van der Waals surface area contributed by atoms with Crippen molar-refractivity contribution in [1.82, 2.24) is 0 Å². The molecule has 0 unspecified atom stereocenters. The third-order valence-corrected chi connectivity index (χ3v) is 3.22. The Kier molecular flexibility index (Phi) is 4.16. The highest BCUT2D eigenvalue weighted by Crippen LogP contribution is 2.21. The molecule has 0 saturated carbocycles. The van der Waals surface area contributed by atoms with Crippen LogP contribution in [-0.4, -0.2) is 31.7 Å². The first-order valence-electron chi connectivity index (χ1n) is 6.24. The summed E-state index contributed by atoms with van der Waals surface area (Å²) in [6.07, 6.45) is 1.25. The molecule has 0 aromatic heterocycles. The minimum absolute atomic E-state index is 0.164. The van der Waals surface area contributed by atoms with Gasteiger partial charge in [-0.1, -0.05) is 6.07 Å². The Balaban J connectivity index is 2.16. The fourth-order valence-electron chi connectivity index (χ4n) is 2.10. The molecule has 102 valence electrons. The van der Waals surface area contributed by atoms with Crippen LogP contribution in [0.1, 0.15) is 28.8 Å². The molecular weight excluding hydrogens is 246 g/mol. The van der Waals surface area contributed by atoms with Gasteiger partial charge in [-0.05, 0) is 37.5 Å². The molecule has 0 bridgehead atoms. The third-order valence-electron chi connectivity index (χ3n) is 3.22. The van der Waals surface area contributed by atoms with Gasteiger partial charge < -0.3 is 14.8 Å². The molecule has 1 saturated heterocycles. The zero-order valence-electron chi connectivity index (χ0n) is 11.1. The second kappa shape index (κ2) is 5.84. The monoisotopic (exact) mass is 263 g/mol. The van der Waals surface area contributed by atoms with Crippen LogP contribution >= 0.6 is 0 Å². The summed E-state index contributed by atoms with van der Waals surface area (Å²) in [5.74, 6) is -0.576. The van der Waals surface area contributed by atoms with E-state index in [0.717, 1.165) is 12.8 Å². The van der Waals surface area contributed by atoms with E-state index in [9.17, 15) is 9.59 Å². The molecule has 1 atom stereocenters. The highest BCUT2D eigenvalue weighted by Gasteiger charge is 2.24. The number of esters is 1. The van der Waals surface area contributed by atoms with Gasteiger partial charge >= 0.3 is 5.97 Å². The molecule has 1 aliphatic rings. The summed E-state index contributed by atoms with van der Waals surface area (Å²) in [6, 6.07) is 5.14. The Hall–Kier alpha value is -1.88. The maximum absolute atomic E-state index is 12.0. The van der Waals surface area contributed by atoms with Crippen molar-refractivity contribution < 1.29 is 19.1 Å². The number of rotatable bonds is 3. The maximum atomic E-state index is 12.0. The summed E-state index contributed by atoms with van der Waals surface area (Å²) >= 11 is 0. The molecule has 0 aliphatic carbocycles. The zero-order valence-corrected chi connectivity index (χ0v) is 11.1. The lowest BCUT2D eigenvalue weighted by Gasteiger charge is -2.14. The molecule has 1 aromatic carbocycles. The summed E-state index contributed by atoms with van der Waals surface area (Å²) in [6.45, 7) is 2.40. The minimum atomic E-state index is -0.411. The van der Waals surface area contributed by atoms with Gasteiger partial charge in [0.2, 0.25) is 0 Å². The predicted molar refractivity (Wildman–Crippen MR) is 70.1 cm³/mol. The van der Waals surface area contributed by atoms with Gasteiger partial charge in [-0.15, -0.1) is 0 Å². The molecule has 5 heteroatoms. The summed E-state index contributed by atoms with van der Waals surface area (Å²) in [5.41, 5.74) is 1.76. The highest BCUT2D eigenvalue weighted by atomic mass is 16.5. The Morgan fingerprint density at radius 3 is 2.84 bits per heavy atom. The lowest BCUT2D eigenvalue weighted by atomic mass is 10.1. The Bertz CT molecular complexity index is 492. The van der Waals surface area contributed by atoms with E-state index in [-0.39, 0.29) is 12.0 Å². The Labute approximate surface area is 111 Å². The number of nitrogens with one attached hydrogen (secondary N) is 1. The summed E-state index contributed by atoms with van der Waals surface area (Å²) in [5, 5.41) is 2.80. The molecule has 1 aliphatic heterocycles. The summed E-state index contributed by atoms with van der Waals surface area (Å²) < 4.78 is 10.0. The van der Waals surface area contributed by atoms with E-state index >= 15 is 0 Å². The molecule has 1 amide bonds. The zero-order chi connectivity index (χ0) is 13.8. The topological polar surface area (TPSA) is 64.6 Å². The van der Waals surface area contributed by atoms with Crippen molar-refractivity contribution >= 4 is 17.6 Å². The molecule has 1 fully saturated rings. The highest BCUT2D eigenvalue weighted by molar-refractivity contribution is 5.98. The van der Waals surface area contributed by atoms with E-state index in [4.69, 9.17) is 9.47 Å². The molecule has 1 aromatic rings. The maximum Gasteiger partial charge on any atom is 0.338 e. The van der Waals surface area contributed by atoms with E-state index in [0.29, 0.717) is 23.4 Å². The largest absolute Gasteiger partial charge is 0.465 e. The number of ether oxygens (including phenoxy) is 2. The standard InChI is InChI=1S/C14H17NO4/c1-9-10(14(17)18-2)5-3-6-11(9)15-13(16)12-7-4-8-19-12/h3,5-6,12H,4,7-8H2,1-2H3,(H,15,16)/t12-/m0/s1. The van der Waals surface area contributed by atoms with Crippen LogP contribution in [-0.2, 0) is 14.3 Å². The number of carbonyl (C=O) groups is 2. The average Bonchev–Trinajstić information content (AvgIpc) is 2.94. The van der Waals surface area contributed by atoms with Crippen LogP contribution in [0, 0.1) is 6.92 Å². The number of hydrogen-bond donors (Lipinski definition) is 1. The van der Waals surface area contributed by atoms with Gasteiger partial charge in [-0.3, -0.25) is 4.79 Å². The number of hydrogen-bond acceptors (Lipinski definition) is 4. The SMILES string of the molecule is COC(=O)c1cccc(NC(=O)[C@@H]2CCCO2)c1C. The first-order valence-corrected chi connectivity index (χ1v) is 6.24. The number of amides is 1. The van der Waals surface area contributed by atoms with Crippen molar-refractivity contribution in [1.29, 1.82) is 0 Å². The van der Waals surface area contributed by atoms with E-state index in [1.807, 2.05) is 0 Å². The van der Waals surface area contributed by atoms with Gasteiger partial charge in [0.15, 0.2) is 0 Å². The first-order chi connectivity index (χ1) is 9.13. The molecule has 5 nitrogen and oxygen atoms in total. The normalized spacial score (nSPS) is 18.1. The van der Waals surface area contributed by atoms with Crippen molar-refractivity contribution in [3.05, 3.63) is 29.3 Å². The first kappa shape index (κ1) is 13.5. The number of benzene rings is 1. The predicted octanol–water partition coefficient (Wildman–Crippen LogP) is 1.90. The Morgan fingerprint density at radius 2 is 2.21 bits per heavy atom.